The summed E-state index contributed by atoms with van der Waals surface area (Å²) >= 11 is 0. The average molecular weight is 441 g/mol. The lowest BCUT2D eigenvalue weighted by Crippen LogP contribution is -2.38. The summed E-state index contributed by atoms with van der Waals surface area (Å²) in [5, 5.41) is 6.18. The number of ether oxygens (including phenoxy) is 1. The zero-order valence-corrected chi connectivity index (χ0v) is 16.0. The molecule has 1 aromatic carbocycles. The lowest BCUT2D eigenvalue weighted by atomic mass is 10.1. The highest BCUT2D eigenvalue weighted by Crippen LogP contribution is 2.11. The van der Waals surface area contributed by atoms with Crippen molar-refractivity contribution >= 4 is 29.9 Å². The number of halogens is 3. The zero-order valence-electron chi connectivity index (χ0n) is 13.7. The Morgan fingerprint density at radius 3 is 2.48 bits per heavy atom. The fourth-order valence-electron chi connectivity index (χ4n) is 1.92. The standard InChI is InChI=1S/C16H25F2N3O.HI/c1-3-19-16(20-10-6-12-22-4-2)21-11-9-13-14(17)7-5-8-15(13)18;/h5,7-8H,3-4,6,9-12H2,1-2H3,(H2,19,20,21);1H. The highest BCUT2D eigenvalue weighted by atomic mass is 127. The molecule has 0 heterocycles. The summed E-state index contributed by atoms with van der Waals surface area (Å²) in [6.45, 7) is 7.09. The van der Waals surface area contributed by atoms with Gasteiger partial charge in [0, 0.05) is 38.4 Å². The Balaban J connectivity index is 0.00000484. The molecule has 1 rings (SSSR count). The van der Waals surface area contributed by atoms with Gasteiger partial charge >= 0.3 is 0 Å². The Morgan fingerprint density at radius 1 is 1.17 bits per heavy atom. The first kappa shape index (κ1) is 22.0. The zero-order chi connectivity index (χ0) is 16.2. The molecule has 0 aliphatic heterocycles. The number of hydrogen-bond donors (Lipinski definition) is 2. The van der Waals surface area contributed by atoms with Gasteiger partial charge in [0.15, 0.2) is 5.96 Å². The lowest BCUT2D eigenvalue weighted by Gasteiger charge is -2.12. The van der Waals surface area contributed by atoms with Crippen molar-refractivity contribution in [3.8, 4) is 0 Å². The first-order valence-corrected chi connectivity index (χ1v) is 7.71. The van der Waals surface area contributed by atoms with Crippen LogP contribution in [-0.4, -0.2) is 38.8 Å². The van der Waals surface area contributed by atoms with Crippen molar-refractivity contribution in [1.82, 2.24) is 10.6 Å². The lowest BCUT2D eigenvalue weighted by molar-refractivity contribution is 0.146. The van der Waals surface area contributed by atoms with Crippen molar-refractivity contribution in [3.63, 3.8) is 0 Å². The largest absolute Gasteiger partial charge is 0.382 e. The van der Waals surface area contributed by atoms with E-state index in [0.29, 0.717) is 32.3 Å². The number of hydrogen-bond acceptors (Lipinski definition) is 2. The van der Waals surface area contributed by atoms with Crippen LogP contribution in [-0.2, 0) is 11.2 Å². The molecule has 0 aliphatic carbocycles. The van der Waals surface area contributed by atoms with E-state index in [9.17, 15) is 8.78 Å². The van der Waals surface area contributed by atoms with Crippen molar-refractivity contribution in [3.05, 3.63) is 35.4 Å². The van der Waals surface area contributed by atoms with Crippen molar-refractivity contribution < 1.29 is 13.5 Å². The van der Waals surface area contributed by atoms with Crippen LogP contribution in [0.5, 0.6) is 0 Å². The fraction of sp³-hybridized carbons (Fsp3) is 0.562. The molecule has 0 radical (unpaired) electrons. The molecule has 0 atom stereocenters. The maximum absolute atomic E-state index is 13.5. The summed E-state index contributed by atoms with van der Waals surface area (Å²) < 4.78 is 32.3. The Labute approximate surface area is 154 Å². The summed E-state index contributed by atoms with van der Waals surface area (Å²) in [5.74, 6) is -0.378. The van der Waals surface area contributed by atoms with Crippen LogP contribution in [0, 0.1) is 11.6 Å². The van der Waals surface area contributed by atoms with Crippen LogP contribution in [0.2, 0.25) is 0 Å². The molecular formula is C16H26F2IN3O. The van der Waals surface area contributed by atoms with Gasteiger partial charge in [-0.25, -0.2) is 8.78 Å². The van der Waals surface area contributed by atoms with E-state index in [-0.39, 0.29) is 36.0 Å². The van der Waals surface area contributed by atoms with Gasteiger partial charge < -0.3 is 15.4 Å². The maximum Gasteiger partial charge on any atom is 0.191 e. The maximum atomic E-state index is 13.5. The summed E-state index contributed by atoms with van der Waals surface area (Å²) in [5.41, 5.74) is 0.0993. The minimum Gasteiger partial charge on any atom is -0.382 e. The van der Waals surface area contributed by atoms with Gasteiger partial charge in [-0.05, 0) is 38.8 Å². The number of rotatable bonds is 9. The highest BCUT2D eigenvalue weighted by Gasteiger charge is 2.08. The molecule has 2 N–H and O–H groups in total. The second kappa shape index (κ2) is 13.5. The molecule has 132 valence electrons. The number of benzene rings is 1. The van der Waals surface area contributed by atoms with Crippen LogP contribution in [0.3, 0.4) is 0 Å². The van der Waals surface area contributed by atoms with E-state index < -0.39 is 11.6 Å². The van der Waals surface area contributed by atoms with Gasteiger partial charge in [0.1, 0.15) is 11.6 Å². The second-order valence-electron chi connectivity index (χ2n) is 4.69. The number of guanidine groups is 1. The average Bonchev–Trinajstić information content (AvgIpc) is 2.50. The molecule has 4 nitrogen and oxygen atoms in total. The molecular weight excluding hydrogens is 415 g/mol. The topological polar surface area (TPSA) is 45.7 Å². The fourth-order valence-corrected chi connectivity index (χ4v) is 1.92. The molecule has 0 amide bonds. The van der Waals surface area contributed by atoms with E-state index in [1.807, 2.05) is 13.8 Å². The van der Waals surface area contributed by atoms with Crippen LogP contribution in [0.15, 0.2) is 23.2 Å². The molecule has 0 saturated carbocycles. The molecule has 0 unspecified atom stereocenters. The minimum atomic E-state index is -0.513. The summed E-state index contributed by atoms with van der Waals surface area (Å²) in [7, 11) is 0. The molecule has 0 bridgehead atoms. The molecule has 0 aliphatic rings. The number of aliphatic imine (C=N–C) groups is 1. The van der Waals surface area contributed by atoms with Crippen LogP contribution in [0.25, 0.3) is 0 Å². The van der Waals surface area contributed by atoms with Gasteiger partial charge in [0.25, 0.3) is 0 Å². The van der Waals surface area contributed by atoms with E-state index in [1.165, 1.54) is 18.2 Å². The van der Waals surface area contributed by atoms with Gasteiger partial charge in [0.2, 0.25) is 0 Å². The molecule has 23 heavy (non-hydrogen) atoms. The summed E-state index contributed by atoms with van der Waals surface area (Å²) in [6.07, 6.45) is 1.11. The Hall–Kier alpha value is -0.960. The van der Waals surface area contributed by atoms with E-state index in [4.69, 9.17) is 4.74 Å². The van der Waals surface area contributed by atoms with Crippen LogP contribution in [0.1, 0.15) is 25.8 Å². The summed E-state index contributed by atoms with van der Waals surface area (Å²) in [6, 6.07) is 3.91. The van der Waals surface area contributed by atoms with Crippen LogP contribution >= 0.6 is 24.0 Å². The Bertz CT molecular complexity index is 452. The quantitative estimate of drug-likeness (QED) is 0.268. The predicted octanol–water partition coefficient (Wildman–Crippen LogP) is 3.11. The molecule has 7 heteroatoms. The first-order valence-electron chi connectivity index (χ1n) is 7.71. The third-order valence-corrected chi connectivity index (χ3v) is 2.99. The molecule has 0 saturated heterocycles. The monoisotopic (exact) mass is 441 g/mol. The smallest absolute Gasteiger partial charge is 0.191 e. The first-order chi connectivity index (χ1) is 10.7. The Morgan fingerprint density at radius 2 is 1.87 bits per heavy atom. The van der Waals surface area contributed by atoms with Gasteiger partial charge in [-0.3, -0.25) is 4.99 Å². The third-order valence-electron chi connectivity index (χ3n) is 2.99. The predicted molar refractivity (Wildman–Crippen MR) is 101 cm³/mol. The Kier molecular flexibility index (Phi) is 12.9. The van der Waals surface area contributed by atoms with Gasteiger partial charge in [-0.2, -0.15) is 0 Å². The van der Waals surface area contributed by atoms with Gasteiger partial charge in [-0.15, -0.1) is 24.0 Å². The molecule has 1 aromatic rings. The minimum absolute atomic E-state index is 0. The second-order valence-corrected chi connectivity index (χ2v) is 4.69. The van der Waals surface area contributed by atoms with Crippen molar-refractivity contribution in [2.75, 3.05) is 32.8 Å². The molecule has 0 aromatic heterocycles. The van der Waals surface area contributed by atoms with Gasteiger partial charge in [-0.1, -0.05) is 6.07 Å². The van der Waals surface area contributed by atoms with E-state index in [0.717, 1.165) is 13.0 Å². The van der Waals surface area contributed by atoms with E-state index in [1.54, 1.807) is 0 Å². The van der Waals surface area contributed by atoms with Crippen molar-refractivity contribution in [1.29, 1.82) is 0 Å². The van der Waals surface area contributed by atoms with Crippen molar-refractivity contribution in [2.24, 2.45) is 4.99 Å². The van der Waals surface area contributed by atoms with Crippen LogP contribution < -0.4 is 10.6 Å². The normalized spacial score (nSPS) is 11.0. The summed E-state index contributed by atoms with van der Waals surface area (Å²) in [4.78, 5) is 4.39. The van der Waals surface area contributed by atoms with Crippen molar-refractivity contribution in [2.45, 2.75) is 26.7 Å². The third kappa shape index (κ3) is 9.04. The van der Waals surface area contributed by atoms with E-state index >= 15 is 0 Å². The SMILES string of the molecule is CCNC(=NCCCOCC)NCCc1c(F)cccc1F.I. The number of nitrogens with zero attached hydrogens (tertiary/aromatic N) is 1. The number of nitrogens with one attached hydrogen (secondary N) is 2. The molecule has 0 fully saturated rings. The molecule has 0 spiro atoms. The van der Waals surface area contributed by atoms with E-state index in [2.05, 4.69) is 15.6 Å². The van der Waals surface area contributed by atoms with Gasteiger partial charge in [0.05, 0.1) is 0 Å². The van der Waals surface area contributed by atoms with Crippen LogP contribution in [0.4, 0.5) is 8.78 Å². The highest BCUT2D eigenvalue weighted by molar-refractivity contribution is 14.0.